The number of halogens is 1. The minimum Gasteiger partial charge on any atom is -0.473 e. The molecule has 1 aromatic heterocycles. The smallest absolute Gasteiger partial charge is 0.414 e. The minimum atomic E-state index is -1.82. The number of carbonyl (C=O) groups excluding carboxylic acids is 1. The van der Waals surface area contributed by atoms with E-state index in [9.17, 15) is 9.18 Å². The summed E-state index contributed by atoms with van der Waals surface area (Å²) in [7, 11) is 0. The third-order valence-electron chi connectivity index (χ3n) is 4.42. The van der Waals surface area contributed by atoms with Gasteiger partial charge in [0, 0.05) is 43.5 Å². The van der Waals surface area contributed by atoms with E-state index >= 15 is 0 Å². The number of rotatable bonds is 4. The van der Waals surface area contributed by atoms with Gasteiger partial charge in [0.05, 0.1) is 25.8 Å². The zero-order valence-electron chi connectivity index (χ0n) is 14.8. The molecule has 2 aliphatic heterocycles. The molecule has 3 rings (SSSR count). The molecule has 0 unspecified atom stereocenters. The van der Waals surface area contributed by atoms with Crippen molar-refractivity contribution in [3.63, 3.8) is 0 Å². The molecule has 8 nitrogen and oxygen atoms in total. The van der Waals surface area contributed by atoms with E-state index < -0.39 is 18.6 Å². The van der Waals surface area contributed by atoms with Crippen molar-refractivity contribution in [2.75, 3.05) is 39.5 Å². The summed E-state index contributed by atoms with van der Waals surface area (Å²) in [6, 6.07) is 4.23. The van der Waals surface area contributed by atoms with Crippen molar-refractivity contribution in [1.82, 2.24) is 9.80 Å². The molecule has 10 heteroatoms. The quantitative estimate of drug-likeness (QED) is 0.721. The first-order valence-corrected chi connectivity index (χ1v) is 9.45. The van der Waals surface area contributed by atoms with Gasteiger partial charge in [-0.1, -0.05) is 6.07 Å². The monoisotopic (exact) mass is 402 g/mol. The predicted molar refractivity (Wildman–Crippen MR) is 95.3 cm³/mol. The second-order valence-corrected chi connectivity index (χ2v) is 7.36. The van der Waals surface area contributed by atoms with E-state index in [1.807, 2.05) is 0 Å². The minimum absolute atomic E-state index is 0.00164. The van der Waals surface area contributed by atoms with Gasteiger partial charge < -0.3 is 19.8 Å². The number of carboxylic acid groups (broad SMARTS) is 2. The van der Waals surface area contributed by atoms with Crippen molar-refractivity contribution in [3.05, 3.63) is 22.4 Å². The second kappa shape index (κ2) is 10.3. The Kier molecular flexibility index (Phi) is 8.14. The molecule has 0 radical (unpaired) electrons. The Morgan fingerprint density at radius 3 is 2.56 bits per heavy atom. The van der Waals surface area contributed by atoms with Crippen molar-refractivity contribution in [1.29, 1.82) is 0 Å². The first kappa shape index (κ1) is 21.3. The molecule has 2 atom stereocenters. The SMILES string of the molecule is O=C(CCF)N1C[C@@H]2CN(Cc3cccs3)CCO[C@@H]2C1.O=C(O)C(=O)O. The molecule has 27 heavy (non-hydrogen) atoms. The maximum atomic E-state index is 12.3. The fourth-order valence-corrected chi connectivity index (χ4v) is 3.92. The number of likely N-dealkylation sites (tertiary alicyclic amines) is 1. The van der Waals surface area contributed by atoms with Gasteiger partial charge >= 0.3 is 11.9 Å². The Balaban J connectivity index is 0.000000380. The molecule has 0 bridgehead atoms. The molecule has 2 N–H and O–H groups in total. The number of nitrogens with zero attached hydrogens (tertiary/aromatic N) is 2. The second-order valence-electron chi connectivity index (χ2n) is 6.33. The normalized spacial score (nSPS) is 22.3. The van der Waals surface area contributed by atoms with Crippen LogP contribution < -0.4 is 0 Å². The summed E-state index contributed by atoms with van der Waals surface area (Å²) in [5.74, 6) is -3.39. The van der Waals surface area contributed by atoms with E-state index in [0.29, 0.717) is 25.6 Å². The van der Waals surface area contributed by atoms with Crippen molar-refractivity contribution >= 4 is 29.2 Å². The van der Waals surface area contributed by atoms with E-state index in [-0.39, 0.29) is 18.4 Å². The van der Waals surface area contributed by atoms with E-state index in [1.165, 1.54) is 4.88 Å². The number of amides is 1. The number of alkyl halides is 1. The molecule has 2 saturated heterocycles. The zero-order chi connectivity index (χ0) is 19.8. The van der Waals surface area contributed by atoms with Crippen LogP contribution in [0.3, 0.4) is 0 Å². The maximum absolute atomic E-state index is 12.3. The van der Waals surface area contributed by atoms with Crippen molar-refractivity contribution in [3.8, 4) is 0 Å². The molecular weight excluding hydrogens is 379 g/mol. The summed E-state index contributed by atoms with van der Waals surface area (Å²) in [4.78, 5) is 35.6. The zero-order valence-corrected chi connectivity index (χ0v) is 15.6. The van der Waals surface area contributed by atoms with Gasteiger partial charge in [-0.05, 0) is 11.4 Å². The van der Waals surface area contributed by atoms with Crippen LogP contribution in [0.4, 0.5) is 4.39 Å². The van der Waals surface area contributed by atoms with E-state index in [4.69, 9.17) is 24.5 Å². The van der Waals surface area contributed by atoms with E-state index in [2.05, 4.69) is 22.4 Å². The van der Waals surface area contributed by atoms with Crippen LogP contribution in [0.1, 0.15) is 11.3 Å². The lowest BCUT2D eigenvalue weighted by atomic mass is 10.1. The molecule has 1 amide bonds. The van der Waals surface area contributed by atoms with Gasteiger partial charge in [0.15, 0.2) is 0 Å². The van der Waals surface area contributed by atoms with Crippen LogP contribution in [0.25, 0.3) is 0 Å². The number of aliphatic carboxylic acids is 2. The van der Waals surface area contributed by atoms with Crippen LogP contribution in [0.2, 0.25) is 0 Å². The third kappa shape index (κ3) is 6.56. The molecular formula is C17H23FN2O6S. The highest BCUT2D eigenvalue weighted by atomic mass is 32.1. The van der Waals surface area contributed by atoms with Gasteiger partial charge in [-0.2, -0.15) is 0 Å². The largest absolute Gasteiger partial charge is 0.473 e. The fraction of sp³-hybridized carbons (Fsp3) is 0.588. The lowest BCUT2D eigenvalue weighted by Gasteiger charge is -2.22. The number of thiophene rings is 1. The number of hydrogen-bond acceptors (Lipinski definition) is 6. The standard InChI is InChI=1S/C15H21FN2O2S.C2H2O4/c16-4-3-15(19)18-9-12-8-17(5-6-20-14(12)11-18)10-13-2-1-7-21-13;3-1(4)2(5)6/h1-2,7,12,14H,3-6,8-11H2;(H,3,4)(H,5,6)/t12-,14+;/m0./s1. The Labute approximate surface area is 160 Å². The van der Waals surface area contributed by atoms with Crippen molar-refractivity contribution in [2.24, 2.45) is 5.92 Å². The number of fused-ring (bicyclic) bond motifs is 1. The lowest BCUT2D eigenvalue weighted by Crippen LogP contribution is -2.33. The van der Waals surface area contributed by atoms with Gasteiger partial charge in [0.25, 0.3) is 0 Å². The number of hydrogen-bond donors (Lipinski definition) is 2. The average molecular weight is 402 g/mol. The molecule has 0 aromatic carbocycles. The van der Waals surface area contributed by atoms with Crippen LogP contribution in [-0.4, -0.2) is 83.4 Å². The summed E-state index contributed by atoms with van der Waals surface area (Å²) in [6.45, 7) is 4.28. The fourth-order valence-electron chi connectivity index (χ4n) is 3.17. The molecule has 1 aromatic rings. The topological polar surface area (TPSA) is 107 Å². The number of carboxylic acids is 2. The lowest BCUT2D eigenvalue weighted by molar-refractivity contribution is -0.159. The molecule has 0 saturated carbocycles. The first-order chi connectivity index (χ1) is 12.9. The summed E-state index contributed by atoms with van der Waals surface area (Å²) >= 11 is 1.77. The van der Waals surface area contributed by atoms with E-state index in [0.717, 1.165) is 19.6 Å². The van der Waals surface area contributed by atoms with Crippen molar-refractivity contribution in [2.45, 2.75) is 19.1 Å². The highest BCUT2D eigenvalue weighted by molar-refractivity contribution is 7.09. The van der Waals surface area contributed by atoms with Crippen LogP contribution in [-0.2, 0) is 25.7 Å². The Hall–Kier alpha value is -2.04. The van der Waals surface area contributed by atoms with Crippen LogP contribution >= 0.6 is 11.3 Å². The van der Waals surface area contributed by atoms with Gasteiger partial charge in [0.2, 0.25) is 5.91 Å². The van der Waals surface area contributed by atoms with Crippen LogP contribution in [0.5, 0.6) is 0 Å². The predicted octanol–water partition coefficient (Wildman–Crippen LogP) is 0.923. The highest BCUT2D eigenvalue weighted by Crippen LogP contribution is 2.25. The Bertz CT molecular complexity index is 629. The molecule has 2 aliphatic rings. The maximum Gasteiger partial charge on any atom is 0.414 e. The third-order valence-corrected chi connectivity index (χ3v) is 5.28. The molecule has 0 spiro atoms. The summed E-state index contributed by atoms with van der Waals surface area (Å²) in [5, 5.41) is 16.9. The van der Waals surface area contributed by atoms with Crippen LogP contribution in [0.15, 0.2) is 17.5 Å². The molecule has 2 fully saturated rings. The average Bonchev–Trinajstić information content (AvgIpc) is 3.22. The van der Waals surface area contributed by atoms with Gasteiger partial charge in [-0.25, -0.2) is 9.59 Å². The summed E-state index contributed by atoms with van der Waals surface area (Å²) < 4.78 is 18.2. The van der Waals surface area contributed by atoms with Crippen molar-refractivity contribution < 1.29 is 33.7 Å². The van der Waals surface area contributed by atoms with Gasteiger partial charge in [0.1, 0.15) is 0 Å². The van der Waals surface area contributed by atoms with E-state index in [1.54, 1.807) is 16.2 Å². The molecule has 0 aliphatic carbocycles. The Morgan fingerprint density at radius 1 is 1.22 bits per heavy atom. The van der Waals surface area contributed by atoms with Gasteiger partial charge in [-0.15, -0.1) is 11.3 Å². The summed E-state index contributed by atoms with van der Waals surface area (Å²) in [5.41, 5.74) is 0. The Morgan fingerprint density at radius 2 is 1.96 bits per heavy atom. The highest BCUT2D eigenvalue weighted by Gasteiger charge is 2.38. The van der Waals surface area contributed by atoms with Gasteiger partial charge in [-0.3, -0.25) is 14.1 Å². The number of carbonyl (C=O) groups is 3. The van der Waals surface area contributed by atoms with Crippen LogP contribution in [0, 0.1) is 5.92 Å². The summed E-state index contributed by atoms with van der Waals surface area (Å²) in [6.07, 6.45) is 0.111. The first-order valence-electron chi connectivity index (χ1n) is 8.57. The molecule has 150 valence electrons. The number of ether oxygens (including phenoxy) is 1. The molecule has 3 heterocycles.